The summed E-state index contributed by atoms with van der Waals surface area (Å²) in [6.07, 6.45) is 2.80. The highest BCUT2D eigenvalue weighted by atomic mass is 79.9. The Balaban J connectivity index is 1.63. The third-order valence-electron chi connectivity index (χ3n) is 4.01. The zero-order chi connectivity index (χ0) is 22.4. The first kappa shape index (κ1) is 22.8. The van der Waals surface area contributed by atoms with Crippen LogP contribution >= 0.6 is 27.5 Å². The number of hydrogen-bond acceptors (Lipinski definition) is 5. The van der Waals surface area contributed by atoms with Gasteiger partial charge < -0.3 is 18.6 Å². The van der Waals surface area contributed by atoms with Gasteiger partial charge in [-0.3, -0.25) is 4.79 Å². The fourth-order valence-corrected chi connectivity index (χ4v) is 3.30. The summed E-state index contributed by atoms with van der Waals surface area (Å²) < 4.78 is 46.3. The molecule has 1 aromatic heterocycles. The molecule has 162 valence electrons. The van der Waals surface area contributed by atoms with E-state index in [1.165, 1.54) is 37.5 Å². The first-order valence-electron chi connectivity index (χ1n) is 8.87. The van der Waals surface area contributed by atoms with Crippen LogP contribution in [-0.4, -0.2) is 19.5 Å². The van der Waals surface area contributed by atoms with Crippen LogP contribution in [0.15, 0.2) is 63.5 Å². The summed E-state index contributed by atoms with van der Waals surface area (Å²) in [4.78, 5) is 12.4. The molecule has 9 heteroatoms. The Morgan fingerprint density at radius 3 is 2.61 bits per heavy atom. The highest BCUT2D eigenvalue weighted by Crippen LogP contribution is 2.30. The SMILES string of the molecule is COc1cc(C(=O)/C=C/c2ccc(COc3ccc(Br)cc3Cl)o2)ccc1OC(F)F. The predicted octanol–water partition coefficient (Wildman–Crippen LogP) is 6.78. The van der Waals surface area contributed by atoms with E-state index >= 15 is 0 Å². The van der Waals surface area contributed by atoms with Crippen molar-refractivity contribution >= 4 is 39.4 Å². The minimum Gasteiger partial charge on any atom is -0.493 e. The van der Waals surface area contributed by atoms with Crippen molar-refractivity contribution < 1.29 is 32.2 Å². The van der Waals surface area contributed by atoms with E-state index in [2.05, 4.69) is 20.7 Å². The lowest BCUT2D eigenvalue weighted by molar-refractivity contribution is -0.0512. The molecule has 0 aliphatic rings. The molecule has 0 bridgehead atoms. The normalized spacial score (nSPS) is 11.2. The summed E-state index contributed by atoms with van der Waals surface area (Å²) in [5.41, 5.74) is 0.245. The Morgan fingerprint density at radius 2 is 1.90 bits per heavy atom. The smallest absolute Gasteiger partial charge is 0.387 e. The lowest BCUT2D eigenvalue weighted by atomic mass is 10.1. The van der Waals surface area contributed by atoms with Crippen LogP contribution in [0.5, 0.6) is 17.2 Å². The van der Waals surface area contributed by atoms with E-state index in [-0.39, 0.29) is 29.5 Å². The van der Waals surface area contributed by atoms with Crippen molar-refractivity contribution in [2.45, 2.75) is 13.2 Å². The molecule has 0 spiro atoms. The number of benzene rings is 2. The quantitative estimate of drug-likeness (QED) is 0.233. The molecule has 0 aliphatic carbocycles. The number of furan rings is 1. The van der Waals surface area contributed by atoms with E-state index in [9.17, 15) is 13.6 Å². The number of methoxy groups -OCH3 is 1. The number of hydrogen-bond donors (Lipinski definition) is 0. The molecule has 0 amide bonds. The van der Waals surface area contributed by atoms with Crippen LogP contribution < -0.4 is 14.2 Å². The second kappa shape index (κ2) is 10.5. The minimum atomic E-state index is -2.99. The fraction of sp³-hybridized carbons (Fsp3) is 0.136. The number of alkyl halides is 2. The van der Waals surface area contributed by atoms with Crippen molar-refractivity contribution in [2.75, 3.05) is 7.11 Å². The Kier molecular flexibility index (Phi) is 7.70. The molecular formula is C22H16BrClF2O5. The molecule has 2 aromatic carbocycles. The summed E-state index contributed by atoms with van der Waals surface area (Å²) >= 11 is 9.44. The summed E-state index contributed by atoms with van der Waals surface area (Å²) in [6.45, 7) is -2.83. The number of carbonyl (C=O) groups excluding carboxylic acids is 1. The third-order valence-corrected chi connectivity index (χ3v) is 4.80. The molecule has 0 aliphatic heterocycles. The Labute approximate surface area is 190 Å². The van der Waals surface area contributed by atoms with Gasteiger partial charge in [0.2, 0.25) is 0 Å². The number of allylic oxidation sites excluding steroid dienone is 1. The van der Waals surface area contributed by atoms with Crippen molar-refractivity contribution in [1.82, 2.24) is 0 Å². The highest BCUT2D eigenvalue weighted by Gasteiger charge is 2.13. The van der Waals surface area contributed by atoms with Gasteiger partial charge in [0, 0.05) is 10.0 Å². The number of ketones is 1. The lowest BCUT2D eigenvalue weighted by Gasteiger charge is -2.10. The largest absolute Gasteiger partial charge is 0.493 e. The van der Waals surface area contributed by atoms with Gasteiger partial charge in [0.25, 0.3) is 0 Å². The van der Waals surface area contributed by atoms with Gasteiger partial charge in [0.15, 0.2) is 17.3 Å². The van der Waals surface area contributed by atoms with E-state index in [0.29, 0.717) is 22.3 Å². The van der Waals surface area contributed by atoms with Crippen molar-refractivity contribution in [3.05, 3.63) is 81.2 Å². The molecule has 0 saturated carbocycles. The molecule has 0 atom stereocenters. The molecular weight excluding hydrogens is 498 g/mol. The Bertz CT molecular complexity index is 1100. The monoisotopic (exact) mass is 512 g/mol. The molecule has 0 fully saturated rings. The molecule has 5 nitrogen and oxygen atoms in total. The maximum absolute atomic E-state index is 12.4. The average molecular weight is 514 g/mol. The first-order chi connectivity index (χ1) is 14.9. The van der Waals surface area contributed by atoms with Crippen LogP contribution in [0.4, 0.5) is 8.78 Å². The lowest BCUT2D eigenvalue weighted by Crippen LogP contribution is -2.04. The minimum absolute atomic E-state index is 0.0311. The van der Waals surface area contributed by atoms with Gasteiger partial charge in [0.1, 0.15) is 23.9 Å². The van der Waals surface area contributed by atoms with Crippen LogP contribution in [0.25, 0.3) is 6.08 Å². The van der Waals surface area contributed by atoms with E-state index in [1.807, 2.05) is 6.07 Å². The molecule has 31 heavy (non-hydrogen) atoms. The van der Waals surface area contributed by atoms with Gasteiger partial charge in [-0.15, -0.1) is 0 Å². The maximum Gasteiger partial charge on any atom is 0.387 e. The zero-order valence-corrected chi connectivity index (χ0v) is 18.5. The topological polar surface area (TPSA) is 57.9 Å². The van der Waals surface area contributed by atoms with Crippen LogP contribution in [0.3, 0.4) is 0 Å². The summed E-state index contributed by atoms with van der Waals surface area (Å²) in [7, 11) is 1.30. The van der Waals surface area contributed by atoms with Crippen molar-refractivity contribution in [3.63, 3.8) is 0 Å². The third kappa shape index (κ3) is 6.32. The molecule has 0 saturated heterocycles. The molecule has 3 rings (SSSR count). The predicted molar refractivity (Wildman–Crippen MR) is 115 cm³/mol. The number of rotatable bonds is 9. The van der Waals surface area contributed by atoms with Gasteiger partial charge in [-0.25, -0.2) is 0 Å². The Morgan fingerprint density at radius 1 is 1.13 bits per heavy atom. The number of carbonyl (C=O) groups is 1. The maximum atomic E-state index is 12.4. The van der Waals surface area contributed by atoms with Crippen LogP contribution in [0, 0.1) is 0 Å². The molecule has 0 unspecified atom stereocenters. The van der Waals surface area contributed by atoms with Crippen molar-refractivity contribution in [1.29, 1.82) is 0 Å². The van der Waals surface area contributed by atoms with Crippen LogP contribution in [-0.2, 0) is 6.61 Å². The fourth-order valence-electron chi connectivity index (χ4n) is 2.57. The van der Waals surface area contributed by atoms with Crippen molar-refractivity contribution in [3.8, 4) is 17.2 Å². The van der Waals surface area contributed by atoms with Gasteiger partial charge in [-0.2, -0.15) is 8.78 Å². The molecule has 1 heterocycles. The number of halogens is 4. The summed E-state index contributed by atoms with van der Waals surface area (Å²) in [6, 6.07) is 12.6. The molecule has 3 aromatic rings. The van der Waals surface area contributed by atoms with E-state index < -0.39 is 6.61 Å². The van der Waals surface area contributed by atoms with Gasteiger partial charge in [0.05, 0.1) is 12.1 Å². The summed E-state index contributed by atoms with van der Waals surface area (Å²) in [5.74, 6) is 1.02. The van der Waals surface area contributed by atoms with E-state index in [1.54, 1.807) is 24.3 Å². The number of ether oxygens (including phenoxy) is 3. The second-order valence-corrected chi connectivity index (χ2v) is 7.43. The molecule has 0 radical (unpaired) electrons. The second-order valence-electron chi connectivity index (χ2n) is 6.11. The average Bonchev–Trinajstić information content (AvgIpc) is 3.19. The van der Waals surface area contributed by atoms with Gasteiger partial charge in [-0.05, 0) is 60.7 Å². The molecule has 0 N–H and O–H groups in total. The summed E-state index contributed by atoms with van der Waals surface area (Å²) in [5, 5.41) is 0.465. The highest BCUT2D eigenvalue weighted by molar-refractivity contribution is 9.10. The van der Waals surface area contributed by atoms with Gasteiger partial charge in [-0.1, -0.05) is 27.5 Å². The van der Waals surface area contributed by atoms with Gasteiger partial charge >= 0.3 is 6.61 Å². The standard InChI is InChI=1S/C22H16BrClF2O5/c1-28-21-10-13(2-8-20(21)31-22(25)26)18(27)7-6-15-4-5-16(30-15)12-29-19-9-3-14(23)11-17(19)24/h2-11,22H,12H2,1H3/b7-6+. The first-order valence-corrected chi connectivity index (χ1v) is 10.0. The van der Waals surface area contributed by atoms with E-state index in [0.717, 1.165) is 4.47 Å². The van der Waals surface area contributed by atoms with Crippen molar-refractivity contribution in [2.24, 2.45) is 0 Å². The zero-order valence-electron chi connectivity index (χ0n) is 16.1. The van der Waals surface area contributed by atoms with E-state index in [4.69, 9.17) is 25.5 Å². The Hall–Kier alpha value is -2.84. The van der Waals surface area contributed by atoms with Crippen LogP contribution in [0.2, 0.25) is 5.02 Å². The van der Waals surface area contributed by atoms with Crippen LogP contribution in [0.1, 0.15) is 21.9 Å².